The molecule has 0 spiro atoms. The second kappa shape index (κ2) is 10.3. The van der Waals surface area contributed by atoms with Crippen LogP contribution in [0.5, 0.6) is 0 Å². The monoisotopic (exact) mass is 257 g/mol. The van der Waals surface area contributed by atoms with Crippen LogP contribution in [0, 0.1) is 0 Å². The van der Waals surface area contributed by atoms with Crippen molar-refractivity contribution in [3.63, 3.8) is 0 Å². The van der Waals surface area contributed by atoms with Crippen molar-refractivity contribution < 1.29 is 9.90 Å². The summed E-state index contributed by atoms with van der Waals surface area (Å²) in [6.45, 7) is 5.57. The fraction of sp³-hybridized carbons (Fsp3) is 0.923. The van der Waals surface area contributed by atoms with Crippen molar-refractivity contribution in [2.75, 3.05) is 45.9 Å². The fourth-order valence-electron chi connectivity index (χ4n) is 2.14. The highest BCUT2D eigenvalue weighted by atomic mass is 16.2. The van der Waals surface area contributed by atoms with E-state index in [1.165, 1.54) is 0 Å². The Hall–Kier alpha value is -0.650. The van der Waals surface area contributed by atoms with E-state index in [-0.39, 0.29) is 12.5 Å². The number of nitrogens with zero attached hydrogens (tertiary/aromatic N) is 1. The van der Waals surface area contributed by atoms with Crippen molar-refractivity contribution in [1.82, 2.24) is 15.5 Å². The molecule has 0 aromatic heterocycles. The average Bonchev–Trinajstić information content (AvgIpc) is 2.62. The van der Waals surface area contributed by atoms with Crippen molar-refractivity contribution in [2.45, 2.75) is 32.1 Å². The Morgan fingerprint density at radius 2 is 2.00 bits per heavy atom. The Kier molecular flexibility index (Phi) is 8.81. The van der Waals surface area contributed by atoms with Gasteiger partial charge in [0.1, 0.15) is 0 Å². The van der Waals surface area contributed by atoms with Gasteiger partial charge in [0.15, 0.2) is 0 Å². The third-order valence-electron chi connectivity index (χ3n) is 3.21. The molecule has 18 heavy (non-hydrogen) atoms. The molecular formula is C13H27N3O2. The maximum Gasteiger partial charge on any atom is 0.234 e. The van der Waals surface area contributed by atoms with Gasteiger partial charge in [0.25, 0.3) is 0 Å². The first-order valence-electron chi connectivity index (χ1n) is 7.13. The third-order valence-corrected chi connectivity index (χ3v) is 3.21. The summed E-state index contributed by atoms with van der Waals surface area (Å²) < 4.78 is 0. The molecule has 0 unspecified atom stereocenters. The minimum atomic E-state index is 0.138. The van der Waals surface area contributed by atoms with Crippen LogP contribution in [0.2, 0.25) is 0 Å². The number of nitrogens with one attached hydrogen (secondary N) is 2. The van der Waals surface area contributed by atoms with E-state index < -0.39 is 0 Å². The van der Waals surface area contributed by atoms with E-state index in [0.29, 0.717) is 6.54 Å². The topological polar surface area (TPSA) is 64.6 Å². The van der Waals surface area contributed by atoms with Crippen molar-refractivity contribution in [3.05, 3.63) is 0 Å². The van der Waals surface area contributed by atoms with Gasteiger partial charge < -0.3 is 15.7 Å². The summed E-state index contributed by atoms with van der Waals surface area (Å²) in [6.07, 6.45) is 5.12. The number of hydrogen-bond acceptors (Lipinski definition) is 4. The Morgan fingerprint density at radius 3 is 2.83 bits per heavy atom. The third kappa shape index (κ3) is 7.63. The first-order valence-corrected chi connectivity index (χ1v) is 7.13. The molecule has 0 radical (unpaired) electrons. The van der Waals surface area contributed by atoms with E-state index in [1.54, 1.807) is 0 Å². The maximum absolute atomic E-state index is 11.7. The van der Waals surface area contributed by atoms with Gasteiger partial charge in [-0.2, -0.15) is 0 Å². The predicted octanol–water partition coefficient (Wildman–Crippen LogP) is -0.0494. The molecule has 1 rings (SSSR count). The Balaban J connectivity index is 1.98. The molecule has 1 aliphatic rings. The van der Waals surface area contributed by atoms with Gasteiger partial charge in [0.2, 0.25) is 5.91 Å². The zero-order valence-corrected chi connectivity index (χ0v) is 11.3. The number of aliphatic hydroxyl groups excluding tert-OH is 1. The molecule has 0 aromatic carbocycles. The van der Waals surface area contributed by atoms with Crippen molar-refractivity contribution in [2.24, 2.45) is 0 Å². The number of aliphatic hydroxyl groups is 1. The second-order valence-electron chi connectivity index (χ2n) is 4.87. The largest absolute Gasteiger partial charge is 0.396 e. The predicted molar refractivity (Wildman–Crippen MR) is 72.5 cm³/mol. The molecule has 1 amide bonds. The van der Waals surface area contributed by atoms with E-state index in [0.717, 1.165) is 64.8 Å². The normalized spacial score (nSPS) is 17.4. The zero-order chi connectivity index (χ0) is 13.1. The van der Waals surface area contributed by atoms with Crippen molar-refractivity contribution in [1.29, 1.82) is 0 Å². The van der Waals surface area contributed by atoms with Crippen LogP contribution >= 0.6 is 0 Å². The number of unbranched alkanes of at least 4 members (excludes halogenated alkanes) is 3. The standard InChI is InChI=1S/C13H27N3O2/c17-11-4-2-1-3-7-15-13(18)12-16-9-5-6-14-8-10-16/h14,17H,1-12H2,(H,15,18). The minimum Gasteiger partial charge on any atom is -0.396 e. The summed E-state index contributed by atoms with van der Waals surface area (Å²) in [5.41, 5.74) is 0. The van der Waals surface area contributed by atoms with Gasteiger partial charge in [-0.3, -0.25) is 9.69 Å². The molecule has 0 aliphatic carbocycles. The smallest absolute Gasteiger partial charge is 0.234 e. The lowest BCUT2D eigenvalue weighted by Crippen LogP contribution is -2.39. The van der Waals surface area contributed by atoms with Crippen LogP contribution in [0.1, 0.15) is 32.1 Å². The lowest BCUT2D eigenvalue weighted by atomic mass is 10.2. The molecule has 1 aliphatic heterocycles. The highest BCUT2D eigenvalue weighted by Gasteiger charge is 2.11. The molecule has 5 nitrogen and oxygen atoms in total. The lowest BCUT2D eigenvalue weighted by Gasteiger charge is -2.18. The minimum absolute atomic E-state index is 0.138. The van der Waals surface area contributed by atoms with Crippen LogP contribution in [0.3, 0.4) is 0 Å². The molecule has 0 atom stereocenters. The van der Waals surface area contributed by atoms with Gasteiger partial charge in [-0.25, -0.2) is 0 Å². The molecule has 106 valence electrons. The van der Waals surface area contributed by atoms with E-state index in [9.17, 15) is 4.79 Å². The number of carbonyl (C=O) groups is 1. The summed E-state index contributed by atoms with van der Waals surface area (Å²) in [6, 6.07) is 0. The van der Waals surface area contributed by atoms with Crippen LogP contribution in [0.25, 0.3) is 0 Å². The van der Waals surface area contributed by atoms with Crippen LogP contribution < -0.4 is 10.6 Å². The SMILES string of the molecule is O=C(CN1CCCNCC1)NCCCCCCO. The first kappa shape index (κ1) is 15.4. The average molecular weight is 257 g/mol. The van der Waals surface area contributed by atoms with Crippen LogP contribution in [0.4, 0.5) is 0 Å². The molecule has 1 fully saturated rings. The fourth-order valence-corrected chi connectivity index (χ4v) is 2.14. The first-order chi connectivity index (χ1) is 8.83. The quantitative estimate of drug-likeness (QED) is 0.534. The van der Waals surface area contributed by atoms with Gasteiger partial charge in [-0.05, 0) is 32.4 Å². The summed E-state index contributed by atoms with van der Waals surface area (Å²) >= 11 is 0. The Labute approximate surface area is 110 Å². The van der Waals surface area contributed by atoms with Crippen molar-refractivity contribution in [3.8, 4) is 0 Å². The molecule has 1 heterocycles. The molecule has 3 N–H and O–H groups in total. The van der Waals surface area contributed by atoms with Gasteiger partial charge in [-0.1, -0.05) is 12.8 Å². The van der Waals surface area contributed by atoms with Gasteiger partial charge in [0.05, 0.1) is 6.54 Å². The van der Waals surface area contributed by atoms with Gasteiger partial charge in [-0.15, -0.1) is 0 Å². The number of hydrogen-bond donors (Lipinski definition) is 3. The molecule has 5 heteroatoms. The van der Waals surface area contributed by atoms with Crippen LogP contribution in [-0.2, 0) is 4.79 Å². The van der Waals surface area contributed by atoms with Gasteiger partial charge in [0, 0.05) is 26.2 Å². The highest BCUT2D eigenvalue weighted by Crippen LogP contribution is 1.98. The van der Waals surface area contributed by atoms with E-state index in [1.807, 2.05) is 0 Å². The molecule has 0 bridgehead atoms. The molecule has 1 saturated heterocycles. The van der Waals surface area contributed by atoms with E-state index in [2.05, 4.69) is 15.5 Å². The van der Waals surface area contributed by atoms with Crippen LogP contribution in [0.15, 0.2) is 0 Å². The molecular weight excluding hydrogens is 230 g/mol. The van der Waals surface area contributed by atoms with E-state index >= 15 is 0 Å². The maximum atomic E-state index is 11.7. The number of rotatable bonds is 8. The highest BCUT2D eigenvalue weighted by molar-refractivity contribution is 5.77. The second-order valence-corrected chi connectivity index (χ2v) is 4.87. The van der Waals surface area contributed by atoms with Gasteiger partial charge >= 0.3 is 0 Å². The zero-order valence-electron chi connectivity index (χ0n) is 11.3. The number of carbonyl (C=O) groups excluding carboxylic acids is 1. The summed E-state index contributed by atoms with van der Waals surface area (Å²) in [4.78, 5) is 13.9. The van der Waals surface area contributed by atoms with Crippen molar-refractivity contribution >= 4 is 5.91 Å². The number of amides is 1. The molecule has 0 aromatic rings. The summed E-state index contributed by atoms with van der Waals surface area (Å²) in [5, 5.41) is 14.9. The summed E-state index contributed by atoms with van der Waals surface area (Å²) in [5.74, 6) is 0.138. The molecule has 0 saturated carbocycles. The van der Waals surface area contributed by atoms with E-state index in [4.69, 9.17) is 5.11 Å². The summed E-state index contributed by atoms with van der Waals surface area (Å²) in [7, 11) is 0. The lowest BCUT2D eigenvalue weighted by molar-refractivity contribution is -0.122. The Morgan fingerprint density at radius 1 is 1.17 bits per heavy atom. The van der Waals surface area contributed by atoms with Crippen LogP contribution in [-0.4, -0.2) is 61.8 Å². The Bertz CT molecular complexity index is 216.